The molecule has 1 fully saturated rings. The van der Waals surface area contributed by atoms with Crippen LogP contribution in [-0.2, 0) is 15.3 Å². The quantitative estimate of drug-likeness (QED) is 0.643. The van der Waals surface area contributed by atoms with E-state index < -0.39 is 0 Å². The van der Waals surface area contributed by atoms with E-state index in [0.29, 0.717) is 37.6 Å². The second-order valence-electron chi connectivity index (χ2n) is 7.14. The first-order valence-electron chi connectivity index (χ1n) is 9.98. The summed E-state index contributed by atoms with van der Waals surface area (Å²) < 4.78 is 11.2. The molecule has 1 atom stereocenters. The molecule has 3 aromatic rings. The number of anilines is 1. The molecule has 0 radical (unpaired) electrons. The summed E-state index contributed by atoms with van der Waals surface area (Å²) in [5.74, 6) is 0.529. The van der Waals surface area contributed by atoms with E-state index in [1.807, 2.05) is 55.5 Å². The predicted octanol–water partition coefficient (Wildman–Crippen LogP) is 4.17. The average molecular weight is 425 g/mol. The maximum absolute atomic E-state index is 13.1. The smallest absolute Gasteiger partial charge is 0.291 e. The van der Waals surface area contributed by atoms with Crippen molar-refractivity contribution in [2.24, 2.45) is 0 Å². The Bertz CT molecular complexity index is 1030. The molecular formula is C23H24N2O4S. The minimum Gasteiger partial charge on any atom is -0.449 e. The molecule has 30 heavy (non-hydrogen) atoms. The predicted molar refractivity (Wildman–Crippen MR) is 119 cm³/mol. The van der Waals surface area contributed by atoms with Crippen LogP contribution in [0.25, 0.3) is 11.0 Å². The molecule has 0 aliphatic carbocycles. The topological polar surface area (TPSA) is 71.8 Å². The summed E-state index contributed by atoms with van der Waals surface area (Å²) in [6.45, 7) is 3.88. The lowest BCUT2D eigenvalue weighted by Gasteiger charge is -2.26. The first kappa shape index (κ1) is 20.5. The first-order chi connectivity index (χ1) is 14.6. The fourth-order valence-corrected chi connectivity index (χ4v) is 4.17. The molecule has 2 amide bonds. The minimum absolute atomic E-state index is 0.154. The van der Waals surface area contributed by atoms with Gasteiger partial charge in [0.2, 0.25) is 11.7 Å². The highest BCUT2D eigenvalue weighted by Gasteiger charge is 2.28. The molecule has 1 aliphatic heterocycles. The second kappa shape index (κ2) is 9.36. The van der Waals surface area contributed by atoms with Gasteiger partial charge >= 0.3 is 0 Å². The van der Waals surface area contributed by atoms with Crippen LogP contribution in [-0.4, -0.2) is 48.3 Å². The molecule has 0 unspecified atom stereocenters. The lowest BCUT2D eigenvalue weighted by Crippen LogP contribution is -2.40. The van der Waals surface area contributed by atoms with Gasteiger partial charge in [-0.15, -0.1) is 11.8 Å². The number of amides is 2. The van der Waals surface area contributed by atoms with E-state index >= 15 is 0 Å². The van der Waals surface area contributed by atoms with Crippen molar-refractivity contribution in [2.45, 2.75) is 17.9 Å². The molecule has 1 aromatic heterocycles. The van der Waals surface area contributed by atoms with Crippen LogP contribution >= 0.6 is 11.8 Å². The number of nitrogens with one attached hydrogen (secondary N) is 1. The number of thioether (sulfide) groups is 1. The van der Waals surface area contributed by atoms with Crippen molar-refractivity contribution in [1.29, 1.82) is 0 Å². The number of morpholine rings is 1. The molecule has 156 valence electrons. The number of ether oxygens (including phenoxy) is 1. The van der Waals surface area contributed by atoms with Crippen molar-refractivity contribution < 1.29 is 18.7 Å². The van der Waals surface area contributed by atoms with Crippen LogP contribution in [0.4, 0.5) is 5.69 Å². The van der Waals surface area contributed by atoms with Crippen LogP contribution < -0.4 is 5.32 Å². The van der Waals surface area contributed by atoms with Gasteiger partial charge in [0.25, 0.3) is 5.91 Å². The molecule has 1 N–H and O–H groups in total. The number of rotatable bonds is 6. The Labute approximate surface area is 179 Å². The number of hydrogen-bond acceptors (Lipinski definition) is 5. The maximum atomic E-state index is 13.1. The summed E-state index contributed by atoms with van der Waals surface area (Å²) in [5, 5.41) is 3.40. The van der Waals surface area contributed by atoms with Gasteiger partial charge in [-0.05, 0) is 24.6 Å². The Kier molecular flexibility index (Phi) is 6.40. The summed E-state index contributed by atoms with van der Waals surface area (Å²) in [6, 6.07) is 17.4. The van der Waals surface area contributed by atoms with Gasteiger partial charge < -0.3 is 19.4 Å². The van der Waals surface area contributed by atoms with Crippen molar-refractivity contribution >= 4 is 40.2 Å². The number of furan rings is 1. The maximum Gasteiger partial charge on any atom is 0.291 e. The zero-order valence-electron chi connectivity index (χ0n) is 16.8. The molecule has 4 rings (SSSR count). The third kappa shape index (κ3) is 4.52. The minimum atomic E-state index is -0.287. The molecule has 2 aromatic carbocycles. The van der Waals surface area contributed by atoms with Crippen LogP contribution in [0.15, 0.2) is 59.0 Å². The van der Waals surface area contributed by atoms with Crippen molar-refractivity contribution in [1.82, 2.24) is 4.90 Å². The summed E-state index contributed by atoms with van der Waals surface area (Å²) in [5.41, 5.74) is 2.19. The van der Waals surface area contributed by atoms with Gasteiger partial charge in [-0.25, -0.2) is 0 Å². The Morgan fingerprint density at radius 2 is 1.77 bits per heavy atom. The highest BCUT2D eigenvalue weighted by atomic mass is 32.2. The summed E-state index contributed by atoms with van der Waals surface area (Å²) >= 11 is 1.55. The summed E-state index contributed by atoms with van der Waals surface area (Å²) in [4.78, 5) is 27.7. The zero-order valence-corrected chi connectivity index (χ0v) is 17.6. The number of nitrogens with zero attached hydrogens (tertiary/aromatic N) is 1. The van der Waals surface area contributed by atoms with E-state index in [4.69, 9.17) is 9.15 Å². The molecule has 1 aliphatic rings. The van der Waals surface area contributed by atoms with Crippen molar-refractivity contribution in [3.63, 3.8) is 0 Å². The zero-order chi connectivity index (χ0) is 20.9. The first-order valence-corrected chi connectivity index (χ1v) is 11.0. The van der Waals surface area contributed by atoms with Crippen LogP contribution in [0, 0.1) is 0 Å². The summed E-state index contributed by atoms with van der Waals surface area (Å²) in [7, 11) is 0. The fraction of sp³-hybridized carbons (Fsp3) is 0.304. The molecule has 6 nitrogen and oxygen atoms in total. The Hall–Kier alpha value is -2.77. The van der Waals surface area contributed by atoms with Crippen LogP contribution in [0.1, 0.15) is 23.0 Å². The number of carbonyl (C=O) groups excluding carboxylic acids is 2. The van der Waals surface area contributed by atoms with Crippen molar-refractivity contribution in [2.75, 3.05) is 31.6 Å². The molecular weight excluding hydrogens is 400 g/mol. The Morgan fingerprint density at radius 3 is 2.53 bits per heavy atom. The normalized spacial score (nSPS) is 15.2. The van der Waals surface area contributed by atoms with E-state index in [2.05, 4.69) is 5.32 Å². The molecule has 2 heterocycles. The van der Waals surface area contributed by atoms with Gasteiger partial charge in [0.1, 0.15) is 11.3 Å². The third-order valence-electron chi connectivity index (χ3n) is 5.05. The van der Waals surface area contributed by atoms with Gasteiger partial charge in [0.05, 0.1) is 18.5 Å². The SMILES string of the molecule is C[C@@H](SCc1ccccc1)C(=O)Nc1c(C(=O)N2CCOCC2)oc2ccccc12. The van der Waals surface area contributed by atoms with Crippen molar-refractivity contribution in [3.05, 3.63) is 65.9 Å². The number of para-hydroxylation sites is 1. The molecule has 0 saturated carbocycles. The lowest BCUT2D eigenvalue weighted by atomic mass is 10.2. The van der Waals surface area contributed by atoms with Gasteiger partial charge in [-0.3, -0.25) is 9.59 Å². The van der Waals surface area contributed by atoms with Gasteiger partial charge in [-0.1, -0.05) is 42.5 Å². The number of benzene rings is 2. The number of hydrogen-bond donors (Lipinski definition) is 1. The third-order valence-corrected chi connectivity index (χ3v) is 6.26. The average Bonchev–Trinajstić information content (AvgIpc) is 3.16. The van der Waals surface area contributed by atoms with E-state index in [-0.39, 0.29) is 22.8 Å². The van der Waals surface area contributed by atoms with E-state index in [9.17, 15) is 9.59 Å². The highest BCUT2D eigenvalue weighted by Crippen LogP contribution is 2.32. The molecule has 0 spiro atoms. The molecule has 0 bridgehead atoms. The van der Waals surface area contributed by atoms with E-state index in [1.54, 1.807) is 22.7 Å². The van der Waals surface area contributed by atoms with E-state index in [1.165, 1.54) is 5.56 Å². The standard InChI is InChI=1S/C23H24N2O4S/c1-16(30-15-17-7-3-2-4-8-17)22(26)24-20-18-9-5-6-10-19(18)29-21(20)23(27)25-11-13-28-14-12-25/h2-10,16H,11-15H2,1H3,(H,24,26)/t16-/m1/s1. The molecule has 1 saturated heterocycles. The Morgan fingerprint density at radius 1 is 1.07 bits per heavy atom. The Balaban J connectivity index is 1.53. The van der Waals surface area contributed by atoms with Crippen LogP contribution in [0.2, 0.25) is 0 Å². The number of carbonyl (C=O) groups is 2. The fourth-order valence-electron chi connectivity index (χ4n) is 3.33. The monoisotopic (exact) mass is 424 g/mol. The summed E-state index contributed by atoms with van der Waals surface area (Å²) in [6.07, 6.45) is 0. The number of fused-ring (bicyclic) bond motifs is 1. The van der Waals surface area contributed by atoms with Crippen LogP contribution in [0.3, 0.4) is 0 Å². The lowest BCUT2D eigenvalue weighted by molar-refractivity contribution is -0.115. The van der Waals surface area contributed by atoms with Crippen molar-refractivity contribution in [3.8, 4) is 0 Å². The van der Waals surface area contributed by atoms with Gasteiger partial charge in [0, 0.05) is 24.2 Å². The second-order valence-corrected chi connectivity index (χ2v) is 8.46. The molecule has 7 heteroatoms. The van der Waals surface area contributed by atoms with Gasteiger partial charge in [0.15, 0.2) is 0 Å². The van der Waals surface area contributed by atoms with E-state index in [0.717, 1.165) is 11.1 Å². The largest absolute Gasteiger partial charge is 0.449 e. The van der Waals surface area contributed by atoms with Gasteiger partial charge in [-0.2, -0.15) is 0 Å². The van der Waals surface area contributed by atoms with Crippen LogP contribution in [0.5, 0.6) is 0 Å². The highest BCUT2D eigenvalue weighted by molar-refractivity contribution is 7.99.